The van der Waals surface area contributed by atoms with Gasteiger partial charge in [0.25, 0.3) is 17.5 Å². The molecule has 0 radical (unpaired) electrons. The zero-order chi connectivity index (χ0) is 30.0. The van der Waals surface area contributed by atoms with Gasteiger partial charge < -0.3 is 31.3 Å². The number of aryl methyl sites for hydroxylation is 1. The normalized spacial score (nSPS) is 28.2. The molecule has 1 saturated heterocycles. The Labute approximate surface area is 242 Å². The number of pyridine rings is 1. The van der Waals surface area contributed by atoms with E-state index in [9.17, 15) is 19.8 Å². The quantitative estimate of drug-likeness (QED) is 0.166. The van der Waals surface area contributed by atoms with Crippen LogP contribution in [0.2, 0.25) is 0 Å². The SMILES string of the molecule is Cc1ccc(C(=O)NC[C@@H]2N=C(N)N3CC(NC(=O)c4cccc5c4OCCC5(C)C)C(O)(O)[C@@]34NC(N)=[NH+][C@@H]24)nc1. The molecule has 1 unspecified atom stereocenters. The Hall–Kier alpha value is -4.43. The molecule has 1 aromatic heterocycles. The molecule has 42 heavy (non-hydrogen) atoms. The number of hydrogen-bond donors (Lipinski definition) is 8. The number of aliphatic hydroxyl groups is 2. The van der Waals surface area contributed by atoms with E-state index in [1.165, 1.54) is 4.90 Å². The Bertz CT molecular complexity index is 1510. The number of hydrogen-bond acceptors (Lipinski definition) is 11. The standard InChI is InChI=1S/C28H35N9O5/c1-14-7-8-17(31-11-14)23(39)32-12-18-21-27(36-24(29)35-21)28(40,41)19(13-37(27)25(30)33-18)34-22(38)15-5-4-6-16-20(15)42-10-9-26(16,2)3/h4-8,11,18-19,21,40-41H,9-10,12-13H2,1-3H3,(H2,30,33)(H,32,39)(H,34,38)(H3,29,35,36)/p+1/t18-,19?,21-,27-/m0/s1. The Morgan fingerprint density at radius 1 is 1.21 bits per heavy atom. The Morgan fingerprint density at radius 2 is 2.00 bits per heavy atom. The number of aliphatic imine (C=N–C) groups is 1. The van der Waals surface area contributed by atoms with Gasteiger partial charge in [0.05, 0.1) is 18.7 Å². The molecule has 2 amide bonds. The summed E-state index contributed by atoms with van der Waals surface area (Å²) in [5.74, 6) is -2.98. The zero-order valence-electron chi connectivity index (χ0n) is 23.6. The molecule has 222 valence electrons. The van der Waals surface area contributed by atoms with Gasteiger partial charge in [-0.25, -0.2) is 10.3 Å². The van der Waals surface area contributed by atoms with E-state index in [2.05, 4.69) is 44.8 Å². The van der Waals surface area contributed by atoms with Gasteiger partial charge in [-0.15, -0.1) is 0 Å². The highest BCUT2D eigenvalue weighted by molar-refractivity contribution is 5.98. The van der Waals surface area contributed by atoms with Crippen molar-refractivity contribution >= 4 is 23.7 Å². The molecule has 4 aliphatic heterocycles. The predicted molar refractivity (Wildman–Crippen MR) is 151 cm³/mol. The summed E-state index contributed by atoms with van der Waals surface area (Å²) in [4.78, 5) is 39.6. The van der Waals surface area contributed by atoms with E-state index in [0.717, 1.165) is 17.5 Å². The van der Waals surface area contributed by atoms with Gasteiger partial charge in [-0.05, 0) is 36.5 Å². The lowest BCUT2D eigenvalue weighted by molar-refractivity contribution is -0.521. The number of fused-ring (bicyclic) bond motifs is 1. The fourth-order valence-corrected chi connectivity index (χ4v) is 6.41. The number of nitrogens with zero attached hydrogens (tertiary/aromatic N) is 3. The van der Waals surface area contributed by atoms with Gasteiger partial charge in [0.1, 0.15) is 23.5 Å². The maximum absolute atomic E-state index is 13.6. The van der Waals surface area contributed by atoms with Crippen LogP contribution in [0.3, 0.4) is 0 Å². The van der Waals surface area contributed by atoms with Crippen molar-refractivity contribution in [2.24, 2.45) is 16.5 Å². The summed E-state index contributed by atoms with van der Waals surface area (Å²) in [5, 5.41) is 32.0. The smallest absolute Gasteiger partial charge is 0.343 e. The van der Waals surface area contributed by atoms with Crippen molar-refractivity contribution in [3.8, 4) is 5.75 Å². The predicted octanol–water partition coefficient (Wildman–Crippen LogP) is -3.26. The second-order valence-corrected chi connectivity index (χ2v) is 11.9. The molecule has 0 bridgehead atoms. The molecule has 1 fully saturated rings. The molecule has 4 atom stereocenters. The number of ether oxygens (including phenoxy) is 1. The minimum Gasteiger partial charge on any atom is -0.492 e. The number of para-hydroxylation sites is 1. The molecular weight excluding hydrogens is 542 g/mol. The van der Waals surface area contributed by atoms with Crippen molar-refractivity contribution in [3.63, 3.8) is 0 Å². The summed E-state index contributed by atoms with van der Waals surface area (Å²) in [7, 11) is 0. The van der Waals surface area contributed by atoms with Crippen molar-refractivity contribution in [1.82, 2.24) is 25.8 Å². The molecule has 5 heterocycles. The van der Waals surface area contributed by atoms with Gasteiger partial charge in [0.15, 0.2) is 12.0 Å². The molecule has 1 spiro atoms. The second-order valence-electron chi connectivity index (χ2n) is 11.9. The molecule has 6 rings (SSSR count). The van der Waals surface area contributed by atoms with Crippen LogP contribution in [-0.4, -0.2) is 93.1 Å². The second kappa shape index (κ2) is 9.56. The number of rotatable bonds is 5. The first-order valence-corrected chi connectivity index (χ1v) is 13.9. The van der Waals surface area contributed by atoms with E-state index in [4.69, 9.17) is 16.2 Å². The van der Waals surface area contributed by atoms with Crippen LogP contribution in [0, 0.1) is 6.92 Å². The number of benzene rings is 1. The Morgan fingerprint density at radius 3 is 2.74 bits per heavy atom. The molecule has 14 nitrogen and oxygen atoms in total. The zero-order valence-corrected chi connectivity index (χ0v) is 23.6. The first-order chi connectivity index (χ1) is 19.8. The summed E-state index contributed by atoms with van der Waals surface area (Å²) >= 11 is 0. The molecular formula is C28H36N9O5+. The van der Waals surface area contributed by atoms with Gasteiger partial charge in [0, 0.05) is 18.3 Å². The monoisotopic (exact) mass is 578 g/mol. The van der Waals surface area contributed by atoms with Crippen molar-refractivity contribution in [1.29, 1.82) is 0 Å². The third-order valence-electron chi connectivity index (χ3n) is 8.77. The van der Waals surface area contributed by atoms with E-state index in [1.807, 2.05) is 13.0 Å². The molecule has 10 N–H and O–H groups in total. The average molecular weight is 579 g/mol. The lowest BCUT2D eigenvalue weighted by Crippen LogP contribution is -2.90. The van der Waals surface area contributed by atoms with Crippen molar-refractivity contribution in [2.45, 2.75) is 62.2 Å². The van der Waals surface area contributed by atoms with Crippen LogP contribution in [0.25, 0.3) is 0 Å². The van der Waals surface area contributed by atoms with E-state index in [1.54, 1.807) is 30.5 Å². The summed E-state index contributed by atoms with van der Waals surface area (Å²) in [6.07, 6.45) is 2.40. The number of aromatic nitrogens is 1. The fraction of sp³-hybridized carbons (Fsp3) is 0.464. The number of nitrogens with one attached hydrogen (secondary N) is 4. The van der Waals surface area contributed by atoms with Crippen molar-refractivity contribution < 1.29 is 29.5 Å². The van der Waals surface area contributed by atoms with Crippen LogP contribution in [0.5, 0.6) is 5.75 Å². The van der Waals surface area contributed by atoms with E-state index < -0.39 is 41.4 Å². The Kier molecular flexibility index (Phi) is 6.31. The van der Waals surface area contributed by atoms with Crippen LogP contribution in [0.1, 0.15) is 52.2 Å². The molecule has 4 aliphatic rings. The fourth-order valence-electron chi connectivity index (χ4n) is 6.41. The highest BCUT2D eigenvalue weighted by atomic mass is 16.5. The van der Waals surface area contributed by atoms with Crippen LogP contribution in [0.15, 0.2) is 41.5 Å². The number of guanidine groups is 2. The van der Waals surface area contributed by atoms with E-state index in [0.29, 0.717) is 17.9 Å². The Balaban J connectivity index is 1.26. The van der Waals surface area contributed by atoms with Crippen LogP contribution in [0.4, 0.5) is 0 Å². The van der Waals surface area contributed by atoms with Crippen molar-refractivity contribution in [2.75, 3.05) is 19.7 Å². The summed E-state index contributed by atoms with van der Waals surface area (Å²) < 4.78 is 5.90. The molecule has 1 aromatic carbocycles. The van der Waals surface area contributed by atoms with Gasteiger partial charge in [-0.2, -0.15) is 0 Å². The van der Waals surface area contributed by atoms with E-state index >= 15 is 0 Å². The molecule has 14 heteroatoms. The minimum atomic E-state index is -2.59. The van der Waals surface area contributed by atoms with Gasteiger partial charge in [-0.1, -0.05) is 32.0 Å². The first kappa shape index (κ1) is 27.7. The molecule has 0 aliphatic carbocycles. The summed E-state index contributed by atoms with van der Waals surface area (Å²) in [5.41, 5.74) is 13.0. The topological polar surface area (TPSA) is 214 Å². The molecule has 0 saturated carbocycles. The highest BCUT2D eigenvalue weighted by Gasteiger charge is 2.76. The number of nitrogens with two attached hydrogens (primary N) is 2. The van der Waals surface area contributed by atoms with Gasteiger partial charge >= 0.3 is 5.96 Å². The maximum atomic E-state index is 13.6. The summed E-state index contributed by atoms with van der Waals surface area (Å²) in [6, 6.07) is 5.95. The summed E-state index contributed by atoms with van der Waals surface area (Å²) in [6.45, 7) is 6.43. The third-order valence-corrected chi connectivity index (χ3v) is 8.77. The largest absolute Gasteiger partial charge is 0.492 e. The third kappa shape index (κ3) is 4.12. The van der Waals surface area contributed by atoms with Crippen molar-refractivity contribution in [3.05, 3.63) is 58.9 Å². The van der Waals surface area contributed by atoms with E-state index in [-0.39, 0.29) is 36.1 Å². The average Bonchev–Trinajstić information content (AvgIpc) is 3.41. The van der Waals surface area contributed by atoms with Gasteiger partial charge in [0.2, 0.25) is 5.79 Å². The van der Waals surface area contributed by atoms with Gasteiger partial charge in [-0.3, -0.25) is 30.2 Å². The lowest BCUT2D eigenvalue weighted by Gasteiger charge is -2.46. The molecule has 2 aromatic rings. The first-order valence-electron chi connectivity index (χ1n) is 13.9. The lowest BCUT2D eigenvalue weighted by atomic mass is 9.79. The minimum absolute atomic E-state index is 0.00522. The van der Waals surface area contributed by atoms with Crippen LogP contribution in [-0.2, 0) is 5.41 Å². The van der Waals surface area contributed by atoms with Crippen LogP contribution < -0.4 is 37.1 Å². The maximum Gasteiger partial charge on any atom is 0.343 e. The highest BCUT2D eigenvalue weighted by Crippen LogP contribution is 2.43. The number of carbonyl (C=O) groups excluding carboxylic acids is 2. The number of amides is 2. The van der Waals surface area contributed by atoms with Crippen LogP contribution >= 0.6 is 0 Å². The number of carbonyl (C=O) groups is 2.